The molecule has 2 unspecified atom stereocenters. The highest BCUT2D eigenvalue weighted by Crippen LogP contribution is 2.36. The first-order valence-electron chi connectivity index (χ1n) is 6.41. The van der Waals surface area contributed by atoms with Crippen LogP contribution in [0.25, 0.3) is 0 Å². The molecule has 4 nitrogen and oxygen atoms in total. The van der Waals surface area contributed by atoms with Crippen molar-refractivity contribution >= 4 is 0 Å². The van der Waals surface area contributed by atoms with E-state index in [2.05, 4.69) is 28.8 Å². The Bertz CT molecular complexity index is 537. The quantitative estimate of drug-likeness (QED) is 0.867. The molecule has 0 amide bonds. The summed E-state index contributed by atoms with van der Waals surface area (Å²) >= 11 is 0. The summed E-state index contributed by atoms with van der Waals surface area (Å²) in [5.74, 6) is 1.93. The van der Waals surface area contributed by atoms with Crippen molar-refractivity contribution in [2.24, 2.45) is 0 Å². The van der Waals surface area contributed by atoms with Crippen LogP contribution in [0.1, 0.15) is 11.5 Å². The van der Waals surface area contributed by atoms with E-state index < -0.39 is 0 Å². The molecule has 2 N–H and O–H groups in total. The van der Waals surface area contributed by atoms with E-state index in [0.717, 1.165) is 18.0 Å². The number of dihydropyridines is 1. The summed E-state index contributed by atoms with van der Waals surface area (Å²) in [4.78, 5) is 0. The topological polar surface area (TPSA) is 42.5 Å². The van der Waals surface area contributed by atoms with Gasteiger partial charge in [0, 0.05) is 12.5 Å². The zero-order valence-corrected chi connectivity index (χ0v) is 11.1. The van der Waals surface area contributed by atoms with Gasteiger partial charge in [-0.15, -0.1) is 0 Å². The molecule has 0 aliphatic carbocycles. The fraction of sp³-hybridized carbons (Fsp3) is 0.333. The van der Waals surface area contributed by atoms with Gasteiger partial charge < -0.3 is 14.8 Å². The Balaban J connectivity index is 1.94. The number of rotatable bonds is 3. The van der Waals surface area contributed by atoms with Crippen LogP contribution in [-0.2, 0) is 0 Å². The van der Waals surface area contributed by atoms with Gasteiger partial charge in [-0.1, -0.05) is 12.1 Å². The molecule has 19 heavy (non-hydrogen) atoms. The SMILES string of the molecule is COc1ccc(C2CNC3NC=CC=C32)cc1OC. The van der Waals surface area contributed by atoms with Crippen LogP contribution in [-0.4, -0.2) is 26.9 Å². The van der Waals surface area contributed by atoms with Crippen LogP contribution >= 0.6 is 0 Å². The minimum Gasteiger partial charge on any atom is -0.493 e. The van der Waals surface area contributed by atoms with Crippen LogP contribution in [0, 0.1) is 0 Å². The largest absolute Gasteiger partial charge is 0.493 e. The second-order valence-corrected chi connectivity index (χ2v) is 4.70. The lowest BCUT2D eigenvalue weighted by molar-refractivity contribution is 0.354. The van der Waals surface area contributed by atoms with Gasteiger partial charge >= 0.3 is 0 Å². The van der Waals surface area contributed by atoms with Crippen LogP contribution < -0.4 is 20.1 Å². The standard InChI is InChI=1S/C15H18N2O2/c1-18-13-6-5-10(8-14(13)19-2)12-9-17-15-11(12)4-3-7-16-15/h3-8,12,15-17H,9H2,1-2H3. The first kappa shape index (κ1) is 12.1. The Morgan fingerprint density at radius 1 is 1.16 bits per heavy atom. The molecule has 0 saturated carbocycles. The maximum Gasteiger partial charge on any atom is 0.161 e. The van der Waals surface area contributed by atoms with Gasteiger partial charge in [0.15, 0.2) is 11.5 Å². The lowest BCUT2D eigenvalue weighted by Crippen LogP contribution is -2.35. The molecule has 4 heteroatoms. The molecule has 2 aliphatic heterocycles. The zero-order chi connectivity index (χ0) is 13.2. The molecule has 1 fully saturated rings. The van der Waals surface area contributed by atoms with Crippen LogP contribution in [0.4, 0.5) is 0 Å². The molecule has 0 radical (unpaired) electrons. The van der Waals surface area contributed by atoms with Crippen molar-refractivity contribution in [3.63, 3.8) is 0 Å². The summed E-state index contributed by atoms with van der Waals surface area (Å²) in [6, 6.07) is 6.14. The van der Waals surface area contributed by atoms with E-state index in [0.29, 0.717) is 5.92 Å². The zero-order valence-electron chi connectivity index (χ0n) is 11.1. The van der Waals surface area contributed by atoms with Crippen molar-refractivity contribution < 1.29 is 9.47 Å². The normalized spacial score (nSPS) is 24.4. The maximum atomic E-state index is 5.38. The van der Waals surface area contributed by atoms with Crippen LogP contribution in [0.5, 0.6) is 11.5 Å². The molecule has 3 rings (SSSR count). The van der Waals surface area contributed by atoms with E-state index in [9.17, 15) is 0 Å². The lowest BCUT2D eigenvalue weighted by Gasteiger charge is -2.19. The Morgan fingerprint density at radius 3 is 2.79 bits per heavy atom. The minimum absolute atomic E-state index is 0.253. The highest BCUT2D eigenvalue weighted by molar-refractivity contribution is 5.47. The predicted molar refractivity (Wildman–Crippen MR) is 74.4 cm³/mol. The van der Waals surface area contributed by atoms with Crippen LogP contribution in [0.3, 0.4) is 0 Å². The van der Waals surface area contributed by atoms with E-state index in [1.807, 2.05) is 18.3 Å². The van der Waals surface area contributed by atoms with Crippen molar-refractivity contribution in [3.8, 4) is 11.5 Å². The van der Waals surface area contributed by atoms with Gasteiger partial charge in [-0.3, -0.25) is 5.32 Å². The Labute approximate surface area is 113 Å². The van der Waals surface area contributed by atoms with E-state index in [-0.39, 0.29) is 6.17 Å². The molecule has 2 atom stereocenters. The number of methoxy groups -OCH3 is 2. The second-order valence-electron chi connectivity index (χ2n) is 4.70. The summed E-state index contributed by atoms with van der Waals surface area (Å²) < 4.78 is 10.7. The van der Waals surface area contributed by atoms with Crippen molar-refractivity contribution in [1.29, 1.82) is 0 Å². The first-order valence-corrected chi connectivity index (χ1v) is 6.41. The highest BCUT2D eigenvalue weighted by atomic mass is 16.5. The predicted octanol–water partition coefficient (Wildman–Crippen LogP) is 1.76. The van der Waals surface area contributed by atoms with Crippen LogP contribution in [0.2, 0.25) is 0 Å². The third-order valence-corrected chi connectivity index (χ3v) is 3.72. The third-order valence-electron chi connectivity index (χ3n) is 3.72. The number of hydrogen-bond donors (Lipinski definition) is 2. The smallest absolute Gasteiger partial charge is 0.161 e. The molecule has 1 saturated heterocycles. The summed E-state index contributed by atoms with van der Waals surface area (Å²) in [7, 11) is 3.32. The van der Waals surface area contributed by atoms with E-state index >= 15 is 0 Å². The summed E-state index contributed by atoms with van der Waals surface area (Å²) in [6.07, 6.45) is 6.45. The van der Waals surface area contributed by atoms with Gasteiger partial charge in [-0.25, -0.2) is 0 Å². The minimum atomic E-state index is 0.253. The van der Waals surface area contributed by atoms with E-state index in [1.165, 1.54) is 11.1 Å². The highest BCUT2D eigenvalue weighted by Gasteiger charge is 2.31. The summed E-state index contributed by atoms with van der Waals surface area (Å²) in [5.41, 5.74) is 2.62. The number of benzene rings is 1. The number of ether oxygens (including phenoxy) is 2. The van der Waals surface area contributed by atoms with Gasteiger partial charge in [0.2, 0.25) is 0 Å². The monoisotopic (exact) mass is 258 g/mol. The maximum absolute atomic E-state index is 5.38. The van der Waals surface area contributed by atoms with Crippen molar-refractivity contribution in [1.82, 2.24) is 10.6 Å². The number of allylic oxidation sites excluding steroid dienone is 2. The fourth-order valence-corrected chi connectivity index (χ4v) is 2.73. The van der Waals surface area contributed by atoms with Crippen molar-refractivity contribution in [2.45, 2.75) is 12.1 Å². The number of nitrogens with one attached hydrogen (secondary N) is 2. The van der Waals surface area contributed by atoms with E-state index in [4.69, 9.17) is 9.47 Å². The fourth-order valence-electron chi connectivity index (χ4n) is 2.73. The third kappa shape index (κ3) is 2.08. The number of hydrogen-bond acceptors (Lipinski definition) is 4. The van der Waals surface area contributed by atoms with Gasteiger partial charge in [-0.05, 0) is 35.5 Å². The lowest BCUT2D eigenvalue weighted by atomic mass is 9.91. The number of fused-ring (bicyclic) bond motifs is 1. The molecule has 100 valence electrons. The molecule has 1 aromatic carbocycles. The van der Waals surface area contributed by atoms with E-state index in [1.54, 1.807) is 14.2 Å². The first-order chi connectivity index (χ1) is 9.33. The summed E-state index contributed by atoms with van der Waals surface area (Å²) in [5, 5.41) is 6.79. The average Bonchev–Trinajstić information content (AvgIpc) is 2.90. The Morgan fingerprint density at radius 2 is 2.00 bits per heavy atom. The van der Waals surface area contributed by atoms with Crippen LogP contribution in [0.15, 0.2) is 42.1 Å². The van der Waals surface area contributed by atoms with Gasteiger partial charge in [0.05, 0.1) is 20.4 Å². The molecular weight excluding hydrogens is 240 g/mol. The molecule has 1 aromatic rings. The van der Waals surface area contributed by atoms with Crippen molar-refractivity contribution in [3.05, 3.63) is 47.7 Å². The van der Waals surface area contributed by atoms with Gasteiger partial charge in [-0.2, -0.15) is 0 Å². The molecular formula is C15H18N2O2. The molecule has 0 bridgehead atoms. The van der Waals surface area contributed by atoms with Gasteiger partial charge in [0.25, 0.3) is 0 Å². The molecule has 0 spiro atoms. The molecule has 0 aromatic heterocycles. The Hall–Kier alpha value is -1.94. The molecule has 2 heterocycles. The second kappa shape index (κ2) is 4.97. The van der Waals surface area contributed by atoms with Crippen molar-refractivity contribution in [2.75, 3.05) is 20.8 Å². The average molecular weight is 258 g/mol. The summed E-state index contributed by atoms with van der Waals surface area (Å²) in [6.45, 7) is 0.931. The Kier molecular flexibility index (Phi) is 3.17. The molecule has 2 aliphatic rings. The van der Waals surface area contributed by atoms with Gasteiger partial charge in [0.1, 0.15) is 0 Å².